The van der Waals surface area contributed by atoms with E-state index < -0.39 is 15.9 Å². The molecule has 0 aliphatic heterocycles. The van der Waals surface area contributed by atoms with Crippen LogP contribution >= 0.6 is 0 Å². The number of carbonyl (C=O) groups is 1. The number of hydrogen-bond donors (Lipinski definition) is 2. The lowest BCUT2D eigenvalue weighted by Crippen LogP contribution is -2.28. The quantitative estimate of drug-likeness (QED) is 0.813. The number of benzene rings is 1. The maximum Gasteiger partial charge on any atom is 0.264 e. The average molecular weight is 318 g/mol. The molecule has 1 heterocycles. The van der Waals surface area contributed by atoms with Gasteiger partial charge in [0.25, 0.3) is 10.0 Å². The van der Waals surface area contributed by atoms with E-state index in [0.29, 0.717) is 11.2 Å². The Labute approximate surface area is 127 Å². The number of hydrogen-bond acceptors (Lipinski definition) is 6. The molecule has 1 aromatic carbocycles. The molecular weight excluding hydrogens is 304 g/mol. The van der Waals surface area contributed by atoms with Crippen LogP contribution in [0.4, 0.5) is 5.69 Å². The Balaban J connectivity index is 2.17. The minimum atomic E-state index is -3.82. The predicted octanol–water partition coefficient (Wildman–Crippen LogP) is 0.834. The van der Waals surface area contributed by atoms with Gasteiger partial charge in [-0.3, -0.25) is 10.2 Å². The Bertz CT molecular complexity index is 811. The fourth-order valence-electron chi connectivity index (χ4n) is 1.56. The fourth-order valence-corrected chi connectivity index (χ4v) is 2.55. The van der Waals surface area contributed by atoms with Gasteiger partial charge in [0, 0.05) is 13.1 Å². The average Bonchev–Trinajstić information content (AvgIpc) is 2.73. The van der Waals surface area contributed by atoms with E-state index in [1.165, 1.54) is 12.1 Å². The zero-order chi connectivity index (χ0) is 16.0. The van der Waals surface area contributed by atoms with Gasteiger partial charge in [0.1, 0.15) is 0 Å². The highest BCUT2D eigenvalue weighted by Crippen LogP contribution is 2.13. The molecule has 22 heavy (non-hydrogen) atoms. The summed E-state index contributed by atoms with van der Waals surface area (Å²) in [5, 5.41) is 4.08. The molecule has 8 heteroatoms. The summed E-state index contributed by atoms with van der Waals surface area (Å²) in [5.74, 6) is -0.639. The summed E-state index contributed by atoms with van der Waals surface area (Å²) >= 11 is 0. The number of sulfonamides is 1. The van der Waals surface area contributed by atoms with Gasteiger partial charge in [0.15, 0.2) is 5.49 Å². The van der Waals surface area contributed by atoms with E-state index in [2.05, 4.69) is 15.5 Å². The van der Waals surface area contributed by atoms with Crippen molar-refractivity contribution in [2.75, 3.05) is 5.43 Å². The highest BCUT2D eigenvalue weighted by atomic mass is 32.2. The lowest BCUT2D eigenvalue weighted by atomic mass is 10.3. The summed E-state index contributed by atoms with van der Waals surface area (Å²) in [4.78, 5) is 14.9. The van der Waals surface area contributed by atoms with Crippen molar-refractivity contribution in [1.82, 2.24) is 9.71 Å². The molecule has 0 radical (unpaired) electrons. The van der Waals surface area contributed by atoms with Gasteiger partial charge in [-0.25, -0.2) is 18.1 Å². The van der Waals surface area contributed by atoms with Crippen molar-refractivity contribution in [3.63, 3.8) is 0 Å². The van der Waals surface area contributed by atoms with Gasteiger partial charge >= 0.3 is 0 Å². The smallest absolute Gasteiger partial charge is 0.264 e. The molecule has 1 aromatic heterocycles. The summed E-state index contributed by atoms with van der Waals surface area (Å²) in [7, 11) is -3.82. The SMILES string of the molecule is CC(=O)NS(=O)(=O)c1ccc(N/N=c2/cccccn2)cc1. The Morgan fingerprint density at radius 2 is 1.82 bits per heavy atom. The van der Waals surface area contributed by atoms with Gasteiger partial charge in [-0.15, -0.1) is 0 Å². The molecule has 0 unspecified atom stereocenters. The summed E-state index contributed by atoms with van der Waals surface area (Å²) < 4.78 is 25.5. The first kappa shape index (κ1) is 15.6. The van der Waals surface area contributed by atoms with Crippen LogP contribution in [0.5, 0.6) is 0 Å². The van der Waals surface area contributed by atoms with Crippen LogP contribution < -0.4 is 15.6 Å². The van der Waals surface area contributed by atoms with E-state index in [4.69, 9.17) is 0 Å². The highest BCUT2D eigenvalue weighted by molar-refractivity contribution is 7.90. The molecule has 0 saturated heterocycles. The standard InChI is InChI=1S/C14H14N4O3S/c1-11(19)18-22(20,21)13-8-6-12(7-9-13)16-17-14-5-3-2-4-10-15-14/h2-10,16H,1H3,(H,18,19)/b17-14-. The van der Waals surface area contributed by atoms with Crippen LogP contribution in [-0.4, -0.2) is 19.3 Å². The molecule has 114 valence electrons. The van der Waals surface area contributed by atoms with Crippen molar-refractivity contribution >= 4 is 21.6 Å². The largest absolute Gasteiger partial charge is 0.276 e. The lowest BCUT2D eigenvalue weighted by molar-refractivity contribution is -0.117. The summed E-state index contributed by atoms with van der Waals surface area (Å²) in [5.41, 5.74) is 3.85. The van der Waals surface area contributed by atoms with Crippen LogP contribution in [0.2, 0.25) is 0 Å². The van der Waals surface area contributed by atoms with Crippen molar-refractivity contribution in [2.45, 2.75) is 11.8 Å². The number of nitrogens with one attached hydrogen (secondary N) is 2. The highest BCUT2D eigenvalue weighted by Gasteiger charge is 2.14. The lowest BCUT2D eigenvalue weighted by Gasteiger charge is -2.05. The molecule has 2 N–H and O–H groups in total. The van der Waals surface area contributed by atoms with Crippen molar-refractivity contribution in [3.05, 3.63) is 60.2 Å². The van der Waals surface area contributed by atoms with Crippen molar-refractivity contribution in [2.24, 2.45) is 5.10 Å². The van der Waals surface area contributed by atoms with Gasteiger partial charge in [0.05, 0.1) is 10.6 Å². The zero-order valence-corrected chi connectivity index (χ0v) is 12.5. The minimum absolute atomic E-state index is 0.00233. The molecule has 0 spiro atoms. The fraction of sp³-hybridized carbons (Fsp3) is 0.0714. The van der Waals surface area contributed by atoms with E-state index in [9.17, 15) is 13.2 Å². The Kier molecular flexibility index (Phi) is 4.84. The Morgan fingerprint density at radius 3 is 2.50 bits per heavy atom. The topological polar surface area (TPSA) is 101 Å². The maximum absolute atomic E-state index is 11.8. The first-order valence-corrected chi connectivity index (χ1v) is 7.80. The van der Waals surface area contributed by atoms with Gasteiger partial charge in [-0.05, 0) is 36.4 Å². The van der Waals surface area contributed by atoms with Crippen LogP contribution in [0.3, 0.4) is 0 Å². The Morgan fingerprint density at radius 1 is 1.09 bits per heavy atom. The molecule has 0 aliphatic carbocycles. The second-order valence-electron chi connectivity index (χ2n) is 4.29. The van der Waals surface area contributed by atoms with Crippen molar-refractivity contribution < 1.29 is 13.2 Å². The summed E-state index contributed by atoms with van der Waals surface area (Å²) in [6.45, 7) is 1.14. The molecule has 0 aliphatic rings. The summed E-state index contributed by atoms with van der Waals surface area (Å²) in [6.07, 6.45) is 1.61. The van der Waals surface area contributed by atoms with E-state index in [-0.39, 0.29) is 4.90 Å². The number of anilines is 1. The van der Waals surface area contributed by atoms with Crippen LogP contribution in [0.25, 0.3) is 0 Å². The summed E-state index contributed by atoms with van der Waals surface area (Å²) in [6, 6.07) is 13.0. The maximum atomic E-state index is 11.8. The van der Waals surface area contributed by atoms with Gasteiger partial charge in [-0.1, -0.05) is 12.1 Å². The molecule has 0 fully saturated rings. The predicted molar refractivity (Wildman–Crippen MR) is 80.9 cm³/mol. The number of aromatic nitrogens is 1. The number of amides is 1. The molecule has 0 bridgehead atoms. The van der Waals surface area contributed by atoms with E-state index in [1.54, 1.807) is 36.5 Å². The number of carbonyl (C=O) groups excluding carboxylic acids is 1. The van der Waals surface area contributed by atoms with Crippen LogP contribution in [0.15, 0.2) is 64.7 Å². The minimum Gasteiger partial charge on any atom is -0.276 e. The monoisotopic (exact) mass is 318 g/mol. The third-order valence-corrected chi connectivity index (χ3v) is 3.95. The van der Waals surface area contributed by atoms with E-state index in [1.807, 2.05) is 10.8 Å². The molecule has 0 atom stereocenters. The molecule has 0 saturated carbocycles. The first-order valence-electron chi connectivity index (χ1n) is 6.32. The third kappa shape index (κ3) is 4.38. The van der Waals surface area contributed by atoms with Crippen molar-refractivity contribution in [1.29, 1.82) is 0 Å². The molecule has 2 rings (SSSR count). The first-order chi connectivity index (χ1) is 10.5. The van der Waals surface area contributed by atoms with E-state index in [0.717, 1.165) is 6.92 Å². The van der Waals surface area contributed by atoms with Crippen molar-refractivity contribution in [3.8, 4) is 0 Å². The second-order valence-corrected chi connectivity index (χ2v) is 5.97. The van der Waals surface area contributed by atoms with Crippen LogP contribution in [0, 0.1) is 0 Å². The van der Waals surface area contributed by atoms with Gasteiger partial charge in [-0.2, -0.15) is 5.10 Å². The van der Waals surface area contributed by atoms with Gasteiger partial charge < -0.3 is 0 Å². The molecule has 2 aromatic rings. The van der Waals surface area contributed by atoms with Crippen LogP contribution in [-0.2, 0) is 14.8 Å². The zero-order valence-electron chi connectivity index (χ0n) is 11.7. The second kappa shape index (κ2) is 6.81. The van der Waals surface area contributed by atoms with Crippen LogP contribution in [0.1, 0.15) is 6.92 Å². The number of nitrogens with zero attached hydrogens (tertiary/aromatic N) is 2. The number of rotatable bonds is 4. The van der Waals surface area contributed by atoms with Gasteiger partial charge in [0.2, 0.25) is 5.91 Å². The van der Waals surface area contributed by atoms with E-state index >= 15 is 0 Å². The third-order valence-electron chi connectivity index (χ3n) is 2.50. The Hall–Kier alpha value is -2.74. The normalized spacial score (nSPS) is 11.8. The molecular formula is C14H14N4O3S. The molecule has 7 nitrogen and oxygen atoms in total. The molecule has 1 amide bonds.